The second-order valence-electron chi connectivity index (χ2n) is 7.15. The third-order valence-electron chi connectivity index (χ3n) is 4.97. The molecule has 0 radical (unpaired) electrons. The summed E-state index contributed by atoms with van der Waals surface area (Å²) in [5.74, 6) is 4.27. The summed E-state index contributed by atoms with van der Waals surface area (Å²) in [5, 5.41) is 0. The maximum atomic E-state index is 13.3. The average molecular weight is 498 g/mol. The Kier molecular flexibility index (Phi) is 8.39. The van der Waals surface area contributed by atoms with Crippen molar-refractivity contribution in [2.75, 3.05) is 40.0 Å². The zero-order chi connectivity index (χ0) is 24.7. The van der Waals surface area contributed by atoms with Crippen LogP contribution in [0.3, 0.4) is 0 Å². The number of carbonyl (C=O) groups is 2. The SMILES string of the molecule is COCCOC(=O)N1CCN(S(=O)(=O)c2ccc(Oc3ccc(F)cc3)cc2)[C@@H](C(=O)ON)C1. The summed E-state index contributed by atoms with van der Waals surface area (Å²) in [5.41, 5.74) is 0. The van der Waals surface area contributed by atoms with E-state index in [0.29, 0.717) is 11.5 Å². The molecule has 2 N–H and O–H groups in total. The van der Waals surface area contributed by atoms with Crippen molar-refractivity contribution in [2.24, 2.45) is 5.90 Å². The number of carbonyl (C=O) groups excluding carboxylic acids is 2. The summed E-state index contributed by atoms with van der Waals surface area (Å²) in [6.07, 6.45) is -0.716. The minimum Gasteiger partial charge on any atom is -0.457 e. The van der Waals surface area contributed by atoms with Crippen LogP contribution in [0.1, 0.15) is 0 Å². The lowest BCUT2D eigenvalue weighted by Crippen LogP contribution is -2.60. The smallest absolute Gasteiger partial charge is 0.409 e. The van der Waals surface area contributed by atoms with Crippen LogP contribution in [-0.2, 0) is 29.1 Å². The van der Waals surface area contributed by atoms with E-state index in [0.717, 1.165) is 4.31 Å². The summed E-state index contributed by atoms with van der Waals surface area (Å²) >= 11 is 0. The number of piperazine rings is 1. The zero-order valence-corrected chi connectivity index (χ0v) is 19.1. The minimum atomic E-state index is -4.16. The molecule has 1 atom stereocenters. The van der Waals surface area contributed by atoms with Crippen molar-refractivity contribution in [1.82, 2.24) is 9.21 Å². The first kappa shape index (κ1) is 25.4. The molecule has 2 aromatic rings. The Morgan fingerprint density at radius 1 is 1.03 bits per heavy atom. The van der Waals surface area contributed by atoms with Crippen LogP contribution in [0.4, 0.5) is 9.18 Å². The van der Waals surface area contributed by atoms with E-state index < -0.39 is 33.9 Å². The quantitative estimate of drug-likeness (QED) is 0.425. The highest BCUT2D eigenvalue weighted by Gasteiger charge is 2.42. The van der Waals surface area contributed by atoms with Crippen molar-refractivity contribution in [3.63, 3.8) is 0 Å². The molecule has 3 rings (SSSR count). The molecule has 1 aliphatic rings. The number of methoxy groups -OCH3 is 1. The van der Waals surface area contributed by atoms with E-state index in [4.69, 9.17) is 20.1 Å². The number of ether oxygens (including phenoxy) is 3. The van der Waals surface area contributed by atoms with Crippen LogP contribution < -0.4 is 10.6 Å². The van der Waals surface area contributed by atoms with E-state index in [1.807, 2.05) is 0 Å². The van der Waals surface area contributed by atoms with Gasteiger partial charge in [0.2, 0.25) is 10.0 Å². The van der Waals surface area contributed by atoms with Gasteiger partial charge in [-0.05, 0) is 48.5 Å². The lowest BCUT2D eigenvalue weighted by Gasteiger charge is -2.38. The second-order valence-corrected chi connectivity index (χ2v) is 9.04. The van der Waals surface area contributed by atoms with Crippen molar-refractivity contribution >= 4 is 22.1 Å². The van der Waals surface area contributed by atoms with E-state index in [1.54, 1.807) is 0 Å². The molecular weight excluding hydrogens is 473 g/mol. The van der Waals surface area contributed by atoms with Gasteiger partial charge < -0.3 is 23.9 Å². The molecule has 0 aromatic heterocycles. The first-order valence-corrected chi connectivity index (χ1v) is 11.6. The van der Waals surface area contributed by atoms with Gasteiger partial charge in [0.1, 0.15) is 30.0 Å². The van der Waals surface area contributed by atoms with Crippen molar-refractivity contribution in [2.45, 2.75) is 10.9 Å². The highest BCUT2D eigenvalue weighted by molar-refractivity contribution is 7.89. The van der Waals surface area contributed by atoms with Crippen LogP contribution in [0.15, 0.2) is 53.4 Å². The topological polar surface area (TPSA) is 138 Å². The number of rotatable bonds is 8. The molecule has 0 spiro atoms. The van der Waals surface area contributed by atoms with Gasteiger partial charge in [0.15, 0.2) is 0 Å². The second kappa shape index (κ2) is 11.2. The van der Waals surface area contributed by atoms with Gasteiger partial charge in [-0.3, -0.25) is 0 Å². The van der Waals surface area contributed by atoms with Crippen molar-refractivity contribution in [3.8, 4) is 11.5 Å². The predicted molar refractivity (Wildman–Crippen MR) is 116 cm³/mol. The number of hydrogen-bond donors (Lipinski definition) is 1. The zero-order valence-electron chi connectivity index (χ0n) is 18.3. The van der Waals surface area contributed by atoms with Gasteiger partial charge >= 0.3 is 12.1 Å². The molecule has 0 bridgehead atoms. The van der Waals surface area contributed by atoms with Crippen molar-refractivity contribution < 1.29 is 41.4 Å². The van der Waals surface area contributed by atoms with E-state index >= 15 is 0 Å². The third-order valence-corrected chi connectivity index (χ3v) is 6.89. The van der Waals surface area contributed by atoms with Gasteiger partial charge in [-0.1, -0.05) is 0 Å². The molecule has 2 aromatic carbocycles. The van der Waals surface area contributed by atoms with Crippen LogP contribution in [0.5, 0.6) is 11.5 Å². The summed E-state index contributed by atoms with van der Waals surface area (Å²) in [6, 6.07) is 9.44. The van der Waals surface area contributed by atoms with E-state index in [2.05, 4.69) is 4.84 Å². The molecule has 34 heavy (non-hydrogen) atoms. The fraction of sp³-hybridized carbons (Fsp3) is 0.333. The minimum absolute atomic E-state index is 0.00614. The van der Waals surface area contributed by atoms with Crippen molar-refractivity contribution in [3.05, 3.63) is 54.3 Å². The molecule has 1 saturated heterocycles. The van der Waals surface area contributed by atoms with Crippen LogP contribution >= 0.6 is 0 Å². The Morgan fingerprint density at radius 2 is 1.65 bits per heavy atom. The summed E-state index contributed by atoms with van der Waals surface area (Å²) < 4.78 is 55.9. The van der Waals surface area contributed by atoms with Crippen LogP contribution in [0.25, 0.3) is 0 Å². The molecule has 0 aliphatic carbocycles. The Bertz CT molecular complexity index is 1100. The molecule has 11 nitrogen and oxygen atoms in total. The van der Waals surface area contributed by atoms with E-state index in [-0.39, 0.29) is 37.7 Å². The van der Waals surface area contributed by atoms with Crippen molar-refractivity contribution in [1.29, 1.82) is 0 Å². The van der Waals surface area contributed by atoms with Gasteiger partial charge in [-0.15, -0.1) is 0 Å². The highest BCUT2D eigenvalue weighted by atomic mass is 32.2. The number of amides is 1. The number of benzene rings is 2. The molecule has 184 valence electrons. The Morgan fingerprint density at radius 3 is 2.24 bits per heavy atom. The summed E-state index contributed by atoms with van der Waals surface area (Å²) in [7, 11) is -2.71. The largest absolute Gasteiger partial charge is 0.457 e. The van der Waals surface area contributed by atoms with Gasteiger partial charge in [0.25, 0.3) is 0 Å². The number of halogens is 1. The fourth-order valence-electron chi connectivity index (χ4n) is 3.25. The standard InChI is InChI=1S/C21H24FN3O8S/c1-30-12-13-31-21(27)24-10-11-25(19(14-24)20(26)33-23)34(28,29)18-8-6-17(7-9-18)32-16-4-2-15(22)3-5-16/h2-9,19H,10-14,23H2,1H3/t19-/m1/s1. The first-order chi connectivity index (χ1) is 16.3. The number of nitrogens with zero attached hydrogens (tertiary/aromatic N) is 2. The van der Waals surface area contributed by atoms with E-state index in [1.165, 1.54) is 60.5 Å². The molecule has 1 heterocycles. The number of hydrogen-bond acceptors (Lipinski definition) is 9. The van der Waals surface area contributed by atoms with Crippen LogP contribution in [0, 0.1) is 5.82 Å². The van der Waals surface area contributed by atoms with Gasteiger partial charge in [0, 0.05) is 20.2 Å². The Hall–Kier alpha value is -3.26. The fourth-order valence-corrected chi connectivity index (χ4v) is 4.81. The Labute approximate surface area is 195 Å². The van der Waals surface area contributed by atoms with Gasteiger partial charge in [-0.25, -0.2) is 22.4 Å². The Balaban J connectivity index is 1.75. The summed E-state index contributed by atoms with van der Waals surface area (Å²) in [4.78, 5) is 29.9. The van der Waals surface area contributed by atoms with Gasteiger partial charge in [0.05, 0.1) is 18.0 Å². The third kappa shape index (κ3) is 5.99. The van der Waals surface area contributed by atoms with Gasteiger partial charge in [-0.2, -0.15) is 10.2 Å². The molecule has 1 aliphatic heterocycles. The predicted octanol–water partition coefficient (Wildman–Crippen LogP) is 1.49. The van der Waals surface area contributed by atoms with E-state index in [9.17, 15) is 22.4 Å². The molecule has 0 unspecified atom stereocenters. The molecule has 1 fully saturated rings. The average Bonchev–Trinajstić information content (AvgIpc) is 2.85. The molecular formula is C21H24FN3O8S. The lowest BCUT2D eigenvalue weighted by atomic mass is 10.2. The maximum Gasteiger partial charge on any atom is 0.409 e. The summed E-state index contributed by atoms with van der Waals surface area (Å²) in [6.45, 7) is -0.297. The highest BCUT2D eigenvalue weighted by Crippen LogP contribution is 2.27. The lowest BCUT2D eigenvalue weighted by molar-refractivity contribution is -0.150. The first-order valence-electron chi connectivity index (χ1n) is 10.1. The normalized spacial score (nSPS) is 16.7. The monoisotopic (exact) mass is 497 g/mol. The molecule has 0 saturated carbocycles. The van der Waals surface area contributed by atoms with Crippen LogP contribution in [-0.4, -0.2) is 75.7 Å². The number of nitrogens with two attached hydrogens (primary N) is 1. The molecule has 1 amide bonds. The van der Waals surface area contributed by atoms with Crippen LogP contribution in [0.2, 0.25) is 0 Å². The number of sulfonamides is 1. The molecule has 13 heteroatoms. The maximum absolute atomic E-state index is 13.3.